The van der Waals surface area contributed by atoms with E-state index in [1.807, 2.05) is 12.1 Å². The molecule has 0 amide bonds. The number of ketones is 1. The highest BCUT2D eigenvalue weighted by molar-refractivity contribution is 7.80. The van der Waals surface area contributed by atoms with Crippen LogP contribution in [0.4, 0.5) is 11.4 Å². The Morgan fingerprint density at radius 3 is 2.00 bits per heavy atom. The molecule has 0 aliphatic heterocycles. The van der Waals surface area contributed by atoms with Gasteiger partial charge in [-0.3, -0.25) is 4.79 Å². The molecule has 2 rings (SSSR count). The quantitative estimate of drug-likeness (QED) is 0.641. The number of benzene rings is 2. The van der Waals surface area contributed by atoms with E-state index >= 15 is 0 Å². The predicted octanol–water partition coefficient (Wildman–Crippen LogP) is 4.62. The van der Waals surface area contributed by atoms with Gasteiger partial charge in [-0.05, 0) is 75.3 Å². The number of anilines is 2. The van der Waals surface area contributed by atoms with Crippen molar-refractivity contribution in [2.75, 3.05) is 10.6 Å². The molecular weight excluding hydrogens is 292 g/mol. The van der Waals surface area contributed by atoms with Crippen molar-refractivity contribution in [2.24, 2.45) is 0 Å². The van der Waals surface area contributed by atoms with Gasteiger partial charge in [0.05, 0.1) is 0 Å². The van der Waals surface area contributed by atoms with Crippen LogP contribution in [0.15, 0.2) is 36.4 Å². The van der Waals surface area contributed by atoms with Crippen LogP contribution in [-0.2, 0) is 0 Å². The van der Waals surface area contributed by atoms with E-state index in [0.717, 1.165) is 22.5 Å². The van der Waals surface area contributed by atoms with Gasteiger partial charge in [-0.2, -0.15) is 0 Å². The number of hydrogen-bond donors (Lipinski definition) is 2. The van der Waals surface area contributed by atoms with E-state index in [4.69, 9.17) is 12.2 Å². The number of aryl methyl sites for hydroxylation is 3. The Kier molecular flexibility index (Phi) is 4.93. The Hall–Kier alpha value is -2.20. The molecule has 0 saturated carbocycles. The second-order valence-electron chi connectivity index (χ2n) is 5.49. The molecule has 0 aromatic heterocycles. The number of nitrogens with one attached hydrogen (secondary N) is 2. The highest BCUT2D eigenvalue weighted by atomic mass is 32.1. The van der Waals surface area contributed by atoms with E-state index in [1.54, 1.807) is 19.1 Å². The first-order valence-corrected chi connectivity index (χ1v) is 7.54. The molecule has 0 fully saturated rings. The summed E-state index contributed by atoms with van der Waals surface area (Å²) in [6.07, 6.45) is 0. The van der Waals surface area contributed by atoms with Crippen LogP contribution in [0.2, 0.25) is 0 Å². The molecule has 0 aliphatic rings. The summed E-state index contributed by atoms with van der Waals surface area (Å²) in [5, 5.41) is 6.91. The molecule has 0 heterocycles. The van der Waals surface area contributed by atoms with Gasteiger partial charge in [0.1, 0.15) is 0 Å². The SMILES string of the molecule is CC(=O)c1ccc(NC(=S)Nc2c(C)cc(C)cc2C)cc1. The second kappa shape index (κ2) is 6.71. The molecule has 3 nitrogen and oxygen atoms in total. The van der Waals surface area contributed by atoms with Crippen molar-refractivity contribution in [2.45, 2.75) is 27.7 Å². The minimum absolute atomic E-state index is 0.0538. The molecule has 0 aliphatic carbocycles. The third kappa shape index (κ3) is 3.92. The molecule has 114 valence electrons. The summed E-state index contributed by atoms with van der Waals surface area (Å²) < 4.78 is 0. The van der Waals surface area contributed by atoms with Crippen LogP contribution in [-0.4, -0.2) is 10.9 Å². The lowest BCUT2D eigenvalue weighted by Crippen LogP contribution is -2.20. The van der Waals surface area contributed by atoms with Crippen LogP contribution in [0.5, 0.6) is 0 Å². The van der Waals surface area contributed by atoms with Crippen LogP contribution in [0.3, 0.4) is 0 Å². The Morgan fingerprint density at radius 2 is 1.50 bits per heavy atom. The lowest BCUT2D eigenvalue weighted by atomic mass is 10.1. The predicted molar refractivity (Wildman–Crippen MR) is 96.9 cm³/mol. The Morgan fingerprint density at radius 1 is 0.955 bits per heavy atom. The first-order valence-electron chi connectivity index (χ1n) is 7.13. The van der Waals surface area contributed by atoms with E-state index in [2.05, 4.69) is 43.5 Å². The first kappa shape index (κ1) is 16.2. The van der Waals surface area contributed by atoms with Gasteiger partial charge in [0.2, 0.25) is 0 Å². The maximum atomic E-state index is 11.3. The lowest BCUT2D eigenvalue weighted by molar-refractivity contribution is 0.101. The van der Waals surface area contributed by atoms with Crippen molar-refractivity contribution in [1.82, 2.24) is 0 Å². The van der Waals surface area contributed by atoms with Gasteiger partial charge in [-0.25, -0.2) is 0 Å². The Balaban J connectivity index is 2.09. The van der Waals surface area contributed by atoms with Gasteiger partial charge < -0.3 is 10.6 Å². The molecule has 22 heavy (non-hydrogen) atoms. The second-order valence-corrected chi connectivity index (χ2v) is 5.89. The summed E-state index contributed by atoms with van der Waals surface area (Å²) in [7, 11) is 0. The molecule has 2 N–H and O–H groups in total. The van der Waals surface area contributed by atoms with Crippen molar-refractivity contribution < 1.29 is 4.79 Å². The van der Waals surface area contributed by atoms with Crippen molar-refractivity contribution in [3.05, 3.63) is 58.7 Å². The summed E-state index contributed by atoms with van der Waals surface area (Å²) in [6, 6.07) is 11.5. The number of rotatable bonds is 3. The van der Waals surface area contributed by atoms with Crippen molar-refractivity contribution in [1.29, 1.82) is 0 Å². The van der Waals surface area contributed by atoms with E-state index in [0.29, 0.717) is 10.7 Å². The normalized spacial score (nSPS) is 10.2. The van der Waals surface area contributed by atoms with Crippen LogP contribution in [0.25, 0.3) is 0 Å². The van der Waals surface area contributed by atoms with Crippen molar-refractivity contribution in [3.8, 4) is 0 Å². The largest absolute Gasteiger partial charge is 0.332 e. The maximum absolute atomic E-state index is 11.3. The van der Waals surface area contributed by atoms with Gasteiger partial charge in [-0.1, -0.05) is 17.7 Å². The highest BCUT2D eigenvalue weighted by Crippen LogP contribution is 2.22. The van der Waals surface area contributed by atoms with Gasteiger partial charge in [-0.15, -0.1) is 0 Å². The average molecular weight is 312 g/mol. The number of carbonyl (C=O) groups is 1. The van der Waals surface area contributed by atoms with Crippen LogP contribution >= 0.6 is 12.2 Å². The average Bonchev–Trinajstić information content (AvgIpc) is 2.43. The summed E-state index contributed by atoms with van der Waals surface area (Å²) in [5.41, 5.74) is 6.13. The molecule has 0 unspecified atom stereocenters. The topological polar surface area (TPSA) is 41.1 Å². The smallest absolute Gasteiger partial charge is 0.175 e. The monoisotopic (exact) mass is 312 g/mol. The molecule has 0 spiro atoms. The zero-order valence-corrected chi connectivity index (χ0v) is 14.1. The van der Waals surface area contributed by atoms with Gasteiger partial charge >= 0.3 is 0 Å². The standard InChI is InChI=1S/C18H20N2OS/c1-11-9-12(2)17(13(3)10-11)20-18(22)19-16-7-5-15(6-8-16)14(4)21/h5-10H,1-4H3,(H2,19,20,22). The van der Waals surface area contributed by atoms with E-state index in [1.165, 1.54) is 5.56 Å². The van der Waals surface area contributed by atoms with E-state index < -0.39 is 0 Å². The fraction of sp³-hybridized carbons (Fsp3) is 0.222. The van der Waals surface area contributed by atoms with E-state index in [-0.39, 0.29) is 5.78 Å². The van der Waals surface area contributed by atoms with Crippen molar-refractivity contribution >= 4 is 34.5 Å². The lowest BCUT2D eigenvalue weighted by Gasteiger charge is -2.15. The molecule has 0 saturated heterocycles. The van der Waals surface area contributed by atoms with Gasteiger partial charge in [0, 0.05) is 16.9 Å². The third-order valence-corrected chi connectivity index (χ3v) is 3.67. The zero-order valence-electron chi connectivity index (χ0n) is 13.3. The Bertz CT molecular complexity index is 697. The number of hydrogen-bond acceptors (Lipinski definition) is 2. The Labute approximate surface area is 136 Å². The van der Waals surface area contributed by atoms with Crippen LogP contribution < -0.4 is 10.6 Å². The molecule has 0 radical (unpaired) electrons. The fourth-order valence-electron chi connectivity index (χ4n) is 2.44. The molecular formula is C18H20N2OS. The number of thiocarbonyl (C=S) groups is 1. The van der Waals surface area contributed by atoms with Crippen LogP contribution in [0, 0.1) is 20.8 Å². The number of Topliss-reactive ketones (excluding diaryl/α,β-unsaturated/α-hetero) is 1. The summed E-state index contributed by atoms with van der Waals surface area (Å²) in [6.45, 7) is 7.76. The summed E-state index contributed by atoms with van der Waals surface area (Å²) >= 11 is 5.37. The minimum Gasteiger partial charge on any atom is -0.332 e. The highest BCUT2D eigenvalue weighted by Gasteiger charge is 2.06. The molecule has 0 bridgehead atoms. The van der Waals surface area contributed by atoms with Gasteiger partial charge in [0.25, 0.3) is 0 Å². The van der Waals surface area contributed by atoms with Gasteiger partial charge in [0.15, 0.2) is 10.9 Å². The number of carbonyl (C=O) groups excluding carboxylic acids is 1. The minimum atomic E-state index is 0.0538. The fourth-order valence-corrected chi connectivity index (χ4v) is 2.66. The van der Waals surface area contributed by atoms with Crippen LogP contribution in [0.1, 0.15) is 34.0 Å². The maximum Gasteiger partial charge on any atom is 0.175 e. The first-order chi connectivity index (χ1) is 10.4. The molecule has 2 aromatic rings. The van der Waals surface area contributed by atoms with E-state index in [9.17, 15) is 4.79 Å². The summed E-state index contributed by atoms with van der Waals surface area (Å²) in [4.78, 5) is 11.3. The molecule has 0 atom stereocenters. The molecule has 2 aromatic carbocycles. The molecule has 4 heteroatoms. The third-order valence-electron chi connectivity index (χ3n) is 3.46. The summed E-state index contributed by atoms with van der Waals surface area (Å²) in [5.74, 6) is 0.0538. The van der Waals surface area contributed by atoms with Crippen molar-refractivity contribution in [3.63, 3.8) is 0 Å². The zero-order chi connectivity index (χ0) is 16.3.